The van der Waals surface area contributed by atoms with E-state index >= 15 is 0 Å². The van der Waals surface area contributed by atoms with Crippen molar-refractivity contribution in [1.29, 1.82) is 0 Å². The molecular formula is C5H5N3S. The summed E-state index contributed by atoms with van der Waals surface area (Å²) in [6.07, 6.45) is 1.85. The Morgan fingerprint density at radius 2 is 2.56 bits per heavy atom. The molecule has 3 N–H and O–H groups in total. The van der Waals surface area contributed by atoms with Crippen molar-refractivity contribution < 1.29 is 0 Å². The van der Waals surface area contributed by atoms with Crippen LogP contribution in [-0.4, -0.2) is 9.97 Å². The molecule has 0 spiro atoms. The summed E-state index contributed by atoms with van der Waals surface area (Å²) in [6.45, 7) is 0. The van der Waals surface area contributed by atoms with Gasteiger partial charge in [0.05, 0.1) is 0 Å². The third-order valence-corrected chi connectivity index (χ3v) is 1.96. The van der Waals surface area contributed by atoms with Crippen LogP contribution in [0.25, 0.3) is 10.3 Å². The number of fused-ring (bicyclic) bond motifs is 1. The first kappa shape index (κ1) is 4.81. The van der Waals surface area contributed by atoms with Gasteiger partial charge in [0.25, 0.3) is 0 Å². The first-order valence-electron chi connectivity index (χ1n) is 2.55. The smallest absolute Gasteiger partial charge is 0.182 e. The number of nitrogens with zero attached hydrogens (tertiary/aromatic N) is 1. The van der Waals surface area contributed by atoms with Gasteiger partial charge in [0.2, 0.25) is 0 Å². The van der Waals surface area contributed by atoms with E-state index in [9.17, 15) is 0 Å². The van der Waals surface area contributed by atoms with Gasteiger partial charge < -0.3 is 10.7 Å². The molecule has 2 aromatic rings. The average molecular weight is 139 g/mol. The molecule has 0 radical (unpaired) electrons. The lowest BCUT2D eigenvalue weighted by molar-refractivity contribution is 1.51. The van der Waals surface area contributed by atoms with Crippen LogP contribution in [0, 0.1) is 0 Å². The van der Waals surface area contributed by atoms with E-state index in [4.69, 9.17) is 5.73 Å². The Morgan fingerprint density at radius 3 is 3.33 bits per heavy atom. The molecule has 0 aliphatic rings. The molecule has 0 atom stereocenters. The van der Waals surface area contributed by atoms with Crippen LogP contribution in [-0.2, 0) is 0 Å². The van der Waals surface area contributed by atoms with Crippen molar-refractivity contribution in [2.75, 3.05) is 5.73 Å². The number of thiazole rings is 1. The maximum atomic E-state index is 5.42. The van der Waals surface area contributed by atoms with E-state index in [-0.39, 0.29) is 0 Å². The van der Waals surface area contributed by atoms with E-state index in [1.165, 1.54) is 11.3 Å². The van der Waals surface area contributed by atoms with Crippen molar-refractivity contribution in [3.05, 3.63) is 12.3 Å². The van der Waals surface area contributed by atoms with Crippen LogP contribution in [0.5, 0.6) is 0 Å². The fourth-order valence-corrected chi connectivity index (χ4v) is 1.46. The highest BCUT2D eigenvalue weighted by Crippen LogP contribution is 2.20. The first-order chi connectivity index (χ1) is 4.36. The molecule has 2 rings (SSSR count). The van der Waals surface area contributed by atoms with Crippen LogP contribution in [0.15, 0.2) is 12.3 Å². The van der Waals surface area contributed by atoms with Crippen LogP contribution < -0.4 is 5.73 Å². The Balaban J connectivity index is 2.92. The van der Waals surface area contributed by atoms with Gasteiger partial charge in [0.15, 0.2) is 5.13 Å². The standard InChI is InChI=1S/C5H5N3S/c6-5-8-3-1-2-7-4(3)9-5/h1-2,7H,(H2,6,8). The molecule has 0 aromatic carbocycles. The lowest BCUT2D eigenvalue weighted by Gasteiger charge is -1.71. The van der Waals surface area contributed by atoms with Gasteiger partial charge in [-0.3, -0.25) is 0 Å². The summed E-state index contributed by atoms with van der Waals surface area (Å²) in [4.78, 5) is 8.10. The average Bonchev–Trinajstić information content (AvgIpc) is 2.22. The van der Waals surface area contributed by atoms with E-state index in [1.54, 1.807) is 0 Å². The minimum absolute atomic E-state index is 0.622. The summed E-state index contributed by atoms with van der Waals surface area (Å²) in [5.74, 6) is 0. The molecule has 0 fully saturated rings. The van der Waals surface area contributed by atoms with E-state index < -0.39 is 0 Å². The van der Waals surface area contributed by atoms with E-state index in [2.05, 4.69) is 9.97 Å². The minimum atomic E-state index is 0.622. The molecule has 3 nitrogen and oxygen atoms in total. The first-order valence-corrected chi connectivity index (χ1v) is 3.37. The number of hydrogen-bond acceptors (Lipinski definition) is 3. The number of aromatic nitrogens is 2. The maximum Gasteiger partial charge on any atom is 0.182 e. The quantitative estimate of drug-likeness (QED) is 0.576. The fourth-order valence-electron chi connectivity index (χ4n) is 0.762. The predicted molar refractivity (Wildman–Crippen MR) is 38.4 cm³/mol. The number of aromatic amines is 1. The predicted octanol–water partition coefficient (Wildman–Crippen LogP) is 1.21. The van der Waals surface area contributed by atoms with Crippen LogP contribution in [0.1, 0.15) is 0 Å². The monoisotopic (exact) mass is 139 g/mol. The molecule has 0 saturated carbocycles. The van der Waals surface area contributed by atoms with Crippen molar-refractivity contribution in [3.63, 3.8) is 0 Å². The van der Waals surface area contributed by atoms with Gasteiger partial charge in [-0.1, -0.05) is 11.3 Å². The molecule has 0 aliphatic carbocycles. The van der Waals surface area contributed by atoms with Crippen LogP contribution in [0.4, 0.5) is 5.13 Å². The third-order valence-electron chi connectivity index (χ3n) is 1.13. The van der Waals surface area contributed by atoms with Crippen LogP contribution in [0.3, 0.4) is 0 Å². The summed E-state index contributed by atoms with van der Waals surface area (Å²) in [5.41, 5.74) is 6.38. The molecule has 0 bridgehead atoms. The van der Waals surface area contributed by atoms with Gasteiger partial charge in [-0.15, -0.1) is 0 Å². The summed E-state index contributed by atoms with van der Waals surface area (Å²) in [6, 6.07) is 1.90. The van der Waals surface area contributed by atoms with Crippen molar-refractivity contribution >= 4 is 26.8 Å². The normalized spacial score (nSPS) is 10.7. The SMILES string of the molecule is Nc1nc2cc[nH]c2s1. The molecular weight excluding hydrogens is 134 g/mol. The van der Waals surface area contributed by atoms with Crippen molar-refractivity contribution in [2.45, 2.75) is 0 Å². The van der Waals surface area contributed by atoms with Gasteiger partial charge in [-0.2, -0.15) is 0 Å². The van der Waals surface area contributed by atoms with Gasteiger partial charge in [0, 0.05) is 6.20 Å². The number of H-pyrrole nitrogens is 1. The summed E-state index contributed by atoms with van der Waals surface area (Å²) in [7, 11) is 0. The lowest BCUT2D eigenvalue weighted by atomic mass is 10.6. The second-order valence-corrected chi connectivity index (χ2v) is 2.77. The van der Waals surface area contributed by atoms with Gasteiger partial charge in [0.1, 0.15) is 10.3 Å². The van der Waals surface area contributed by atoms with Crippen LogP contribution in [0.2, 0.25) is 0 Å². The van der Waals surface area contributed by atoms with Crippen molar-refractivity contribution in [2.24, 2.45) is 0 Å². The Kier molecular flexibility index (Phi) is 0.790. The number of rotatable bonds is 0. The molecule has 0 unspecified atom stereocenters. The fraction of sp³-hybridized carbons (Fsp3) is 0. The Hall–Kier alpha value is -1.03. The number of nitrogens with two attached hydrogens (primary N) is 1. The molecule has 4 heteroatoms. The van der Waals surface area contributed by atoms with E-state index in [1.807, 2.05) is 12.3 Å². The third kappa shape index (κ3) is 0.598. The molecule has 0 aliphatic heterocycles. The lowest BCUT2D eigenvalue weighted by Crippen LogP contribution is -1.78. The highest BCUT2D eigenvalue weighted by Gasteiger charge is 1.97. The van der Waals surface area contributed by atoms with E-state index in [0.29, 0.717) is 5.13 Å². The zero-order valence-electron chi connectivity index (χ0n) is 4.59. The Morgan fingerprint density at radius 1 is 1.67 bits per heavy atom. The second-order valence-electron chi connectivity index (χ2n) is 1.74. The van der Waals surface area contributed by atoms with Crippen molar-refractivity contribution in [3.8, 4) is 0 Å². The topological polar surface area (TPSA) is 54.7 Å². The van der Waals surface area contributed by atoms with Gasteiger partial charge in [-0.05, 0) is 6.07 Å². The molecule has 0 amide bonds. The highest BCUT2D eigenvalue weighted by atomic mass is 32.1. The van der Waals surface area contributed by atoms with Gasteiger partial charge in [-0.25, -0.2) is 4.98 Å². The summed E-state index contributed by atoms with van der Waals surface area (Å²) < 4.78 is 0. The second kappa shape index (κ2) is 1.48. The summed E-state index contributed by atoms with van der Waals surface area (Å²) in [5, 5.41) is 0.622. The Bertz CT molecular complexity index is 293. The highest BCUT2D eigenvalue weighted by molar-refractivity contribution is 7.21. The van der Waals surface area contributed by atoms with E-state index in [0.717, 1.165) is 10.3 Å². The molecule has 9 heavy (non-hydrogen) atoms. The maximum absolute atomic E-state index is 5.42. The molecule has 2 heterocycles. The Labute approximate surface area is 55.5 Å². The largest absolute Gasteiger partial charge is 0.375 e. The number of hydrogen-bond donors (Lipinski definition) is 2. The minimum Gasteiger partial charge on any atom is -0.375 e. The summed E-state index contributed by atoms with van der Waals surface area (Å²) >= 11 is 1.47. The van der Waals surface area contributed by atoms with Gasteiger partial charge >= 0.3 is 0 Å². The van der Waals surface area contributed by atoms with Crippen molar-refractivity contribution in [1.82, 2.24) is 9.97 Å². The molecule has 46 valence electrons. The number of nitrogens with one attached hydrogen (secondary N) is 1. The molecule has 0 saturated heterocycles. The number of anilines is 1. The zero-order valence-corrected chi connectivity index (χ0v) is 5.40. The zero-order chi connectivity index (χ0) is 6.27. The number of nitrogen functional groups attached to an aromatic ring is 1. The van der Waals surface area contributed by atoms with Crippen LogP contribution >= 0.6 is 11.3 Å². The molecule has 2 aromatic heterocycles.